The van der Waals surface area contributed by atoms with Gasteiger partial charge in [-0.25, -0.2) is 0 Å². The molecule has 1 saturated heterocycles. The Morgan fingerprint density at radius 1 is 0.897 bits per heavy atom. The highest BCUT2D eigenvalue weighted by atomic mass is 32.2. The number of carbonyl (C=O) groups is 1. The molecule has 0 radical (unpaired) electrons. The molecule has 3 aromatic rings. The summed E-state index contributed by atoms with van der Waals surface area (Å²) < 4.78 is 0. The molecule has 0 saturated carbocycles. The van der Waals surface area contributed by atoms with E-state index in [1.54, 1.807) is 0 Å². The third-order valence-electron chi connectivity index (χ3n) is 5.25. The molecule has 0 bridgehead atoms. The second kappa shape index (κ2) is 9.23. The van der Waals surface area contributed by atoms with Crippen molar-refractivity contribution in [2.24, 2.45) is 0 Å². The van der Waals surface area contributed by atoms with E-state index in [0.717, 1.165) is 40.5 Å². The fourth-order valence-corrected chi connectivity index (χ4v) is 4.22. The van der Waals surface area contributed by atoms with Crippen LogP contribution in [-0.4, -0.2) is 34.8 Å². The molecule has 0 aliphatic carbocycles. The summed E-state index contributed by atoms with van der Waals surface area (Å²) >= 11 is 1.42. The van der Waals surface area contributed by atoms with Gasteiger partial charge in [0.05, 0.1) is 11.4 Å². The number of aromatic nitrogens is 2. The Morgan fingerprint density at radius 3 is 2.28 bits per heavy atom. The van der Waals surface area contributed by atoms with Gasteiger partial charge in [-0.05, 0) is 50.5 Å². The summed E-state index contributed by atoms with van der Waals surface area (Å²) in [5.41, 5.74) is 5.08. The van der Waals surface area contributed by atoms with Gasteiger partial charge in [0.1, 0.15) is 5.03 Å². The molecular formula is C24H25N3OS. The Labute approximate surface area is 176 Å². The van der Waals surface area contributed by atoms with E-state index in [9.17, 15) is 4.79 Å². The maximum Gasteiger partial charge on any atom is 0.173 e. The van der Waals surface area contributed by atoms with Crippen molar-refractivity contribution in [3.8, 4) is 11.3 Å². The number of piperidine rings is 1. The first kappa shape index (κ1) is 19.6. The number of Topliss-reactive ketones (excluding diaryl/α,β-unsaturated/α-hetero) is 1. The maximum absolute atomic E-state index is 12.3. The van der Waals surface area contributed by atoms with E-state index in [0.29, 0.717) is 5.75 Å². The number of carbonyl (C=O) groups excluding carboxylic acids is 1. The summed E-state index contributed by atoms with van der Waals surface area (Å²) in [6.07, 6.45) is 3.89. The van der Waals surface area contributed by atoms with E-state index in [1.165, 1.54) is 36.7 Å². The van der Waals surface area contributed by atoms with Gasteiger partial charge in [0.25, 0.3) is 0 Å². The summed E-state index contributed by atoms with van der Waals surface area (Å²) in [4.78, 5) is 14.8. The molecule has 1 aromatic heterocycles. The van der Waals surface area contributed by atoms with Gasteiger partial charge in [0, 0.05) is 29.9 Å². The summed E-state index contributed by atoms with van der Waals surface area (Å²) in [7, 11) is 0. The zero-order valence-corrected chi connectivity index (χ0v) is 17.5. The van der Waals surface area contributed by atoms with Crippen LogP contribution in [0, 0.1) is 6.92 Å². The van der Waals surface area contributed by atoms with Gasteiger partial charge < -0.3 is 4.90 Å². The fourth-order valence-electron chi connectivity index (χ4n) is 3.51. The largest absolute Gasteiger partial charge is 0.372 e. The van der Waals surface area contributed by atoms with E-state index in [-0.39, 0.29) is 5.78 Å². The van der Waals surface area contributed by atoms with Gasteiger partial charge in [-0.2, -0.15) is 0 Å². The normalized spacial score (nSPS) is 14.0. The monoisotopic (exact) mass is 403 g/mol. The van der Waals surface area contributed by atoms with E-state index in [2.05, 4.69) is 39.4 Å². The lowest BCUT2D eigenvalue weighted by Gasteiger charge is -2.28. The Morgan fingerprint density at radius 2 is 1.62 bits per heavy atom. The van der Waals surface area contributed by atoms with Crippen LogP contribution in [0.25, 0.3) is 11.3 Å². The molecule has 2 heterocycles. The van der Waals surface area contributed by atoms with Crippen molar-refractivity contribution >= 4 is 23.2 Å². The van der Waals surface area contributed by atoms with E-state index < -0.39 is 0 Å². The molecule has 0 atom stereocenters. The predicted octanol–water partition coefficient (Wildman–Crippen LogP) is 5.42. The van der Waals surface area contributed by atoms with E-state index in [1.807, 2.05) is 43.3 Å². The van der Waals surface area contributed by atoms with Crippen LogP contribution in [0.2, 0.25) is 0 Å². The number of aryl methyl sites for hydroxylation is 1. The van der Waals surface area contributed by atoms with Gasteiger partial charge in [0.2, 0.25) is 0 Å². The average Bonchev–Trinajstić information content (AvgIpc) is 2.79. The van der Waals surface area contributed by atoms with Crippen LogP contribution in [0.1, 0.15) is 35.2 Å². The highest BCUT2D eigenvalue weighted by Gasteiger charge is 2.11. The van der Waals surface area contributed by atoms with Crippen molar-refractivity contribution in [1.82, 2.24) is 10.2 Å². The Kier molecular flexibility index (Phi) is 6.25. The molecule has 4 rings (SSSR count). The second-order valence-electron chi connectivity index (χ2n) is 7.43. The van der Waals surface area contributed by atoms with Crippen LogP contribution in [0.3, 0.4) is 0 Å². The van der Waals surface area contributed by atoms with Gasteiger partial charge in [-0.1, -0.05) is 53.7 Å². The molecule has 4 nitrogen and oxygen atoms in total. The average molecular weight is 404 g/mol. The molecule has 2 aromatic carbocycles. The van der Waals surface area contributed by atoms with Crippen molar-refractivity contribution in [3.05, 3.63) is 71.8 Å². The lowest BCUT2D eigenvalue weighted by atomic mass is 10.1. The molecule has 5 heteroatoms. The molecular weight excluding hydrogens is 378 g/mol. The number of nitrogens with zero attached hydrogens (tertiary/aromatic N) is 3. The van der Waals surface area contributed by atoms with Crippen molar-refractivity contribution < 1.29 is 4.79 Å². The van der Waals surface area contributed by atoms with Gasteiger partial charge in [-0.15, -0.1) is 10.2 Å². The molecule has 1 fully saturated rings. The van der Waals surface area contributed by atoms with Crippen molar-refractivity contribution in [1.29, 1.82) is 0 Å². The molecule has 0 N–H and O–H groups in total. The first-order valence-corrected chi connectivity index (χ1v) is 11.1. The highest BCUT2D eigenvalue weighted by molar-refractivity contribution is 7.99. The van der Waals surface area contributed by atoms with Crippen molar-refractivity contribution in [2.75, 3.05) is 23.7 Å². The molecule has 29 heavy (non-hydrogen) atoms. The lowest BCUT2D eigenvalue weighted by Crippen LogP contribution is -2.29. The lowest BCUT2D eigenvalue weighted by molar-refractivity contribution is 0.102. The highest BCUT2D eigenvalue weighted by Crippen LogP contribution is 2.25. The summed E-state index contributed by atoms with van der Waals surface area (Å²) in [5, 5.41) is 9.42. The molecule has 0 amide bonds. The summed E-state index contributed by atoms with van der Waals surface area (Å²) in [5.74, 6) is 0.468. The quantitative estimate of drug-likeness (QED) is 0.406. The topological polar surface area (TPSA) is 46.1 Å². The van der Waals surface area contributed by atoms with Gasteiger partial charge in [0.15, 0.2) is 5.78 Å². The predicted molar refractivity (Wildman–Crippen MR) is 120 cm³/mol. The van der Waals surface area contributed by atoms with Crippen LogP contribution in [-0.2, 0) is 0 Å². The number of thioether (sulfide) groups is 1. The van der Waals surface area contributed by atoms with Gasteiger partial charge >= 0.3 is 0 Å². The maximum atomic E-state index is 12.3. The number of anilines is 1. The zero-order valence-electron chi connectivity index (χ0n) is 16.7. The molecule has 1 aliphatic rings. The summed E-state index contributed by atoms with van der Waals surface area (Å²) in [6, 6.07) is 20.2. The van der Waals surface area contributed by atoms with Crippen LogP contribution < -0.4 is 4.90 Å². The number of ketones is 1. The minimum atomic E-state index is 0.106. The minimum absolute atomic E-state index is 0.106. The molecule has 0 unspecified atom stereocenters. The van der Waals surface area contributed by atoms with E-state index in [4.69, 9.17) is 0 Å². The number of hydrogen-bond acceptors (Lipinski definition) is 5. The molecule has 1 aliphatic heterocycles. The third-order valence-corrected chi connectivity index (χ3v) is 6.17. The molecule has 148 valence electrons. The standard InChI is InChI=1S/C24H25N3OS/c1-18-5-7-20(8-6-18)23(28)17-29-24-14-13-22(25-26-24)19-9-11-21(12-10-19)27-15-3-2-4-16-27/h5-14H,2-4,15-17H2,1H3. The number of hydrogen-bond donors (Lipinski definition) is 0. The van der Waals surface area contributed by atoms with Crippen LogP contribution in [0.4, 0.5) is 5.69 Å². The zero-order chi connectivity index (χ0) is 20.1. The minimum Gasteiger partial charge on any atom is -0.372 e. The summed E-state index contributed by atoms with van der Waals surface area (Å²) in [6.45, 7) is 4.31. The van der Waals surface area contributed by atoms with E-state index >= 15 is 0 Å². The number of rotatable bonds is 6. The number of benzene rings is 2. The van der Waals surface area contributed by atoms with Crippen LogP contribution in [0.5, 0.6) is 0 Å². The van der Waals surface area contributed by atoms with Crippen LogP contribution >= 0.6 is 11.8 Å². The van der Waals surface area contributed by atoms with Gasteiger partial charge in [-0.3, -0.25) is 4.79 Å². The first-order valence-electron chi connectivity index (χ1n) is 10.1. The Balaban J connectivity index is 1.36. The van der Waals surface area contributed by atoms with Crippen molar-refractivity contribution in [3.63, 3.8) is 0 Å². The smallest absolute Gasteiger partial charge is 0.173 e. The fraction of sp³-hybridized carbons (Fsp3) is 0.292. The van der Waals surface area contributed by atoms with Crippen LogP contribution in [0.15, 0.2) is 65.7 Å². The van der Waals surface area contributed by atoms with Crippen molar-refractivity contribution in [2.45, 2.75) is 31.2 Å². The Hall–Kier alpha value is -2.66. The SMILES string of the molecule is Cc1ccc(C(=O)CSc2ccc(-c3ccc(N4CCCCC4)cc3)nn2)cc1. The second-order valence-corrected chi connectivity index (χ2v) is 8.42. The first-order chi connectivity index (χ1) is 14.2. The molecule has 0 spiro atoms. The Bertz CT molecular complexity index is 947. The third kappa shape index (κ3) is 5.04.